The molecule has 4 aromatic carbocycles. The first-order chi connectivity index (χ1) is 19.4. The van der Waals surface area contributed by atoms with Gasteiger partial charge in [-0.05, 0) is 47.0 Å². The average molecular weight is 497 g/mol. The van der Waals surface area contributed by atoms with Gasteiger partial charge in [0.2, 0.25) is 0 Å². The van der Waals surface area contributed by atoms with Gasteiger partial charge in [0.15, 0.2) is 0 Å². The lowest BCUT2D eigenvalue weighted by Gasteiger charge is -2.49. The molecule has 2 aliphatic heterocycles. The molecule has 0 saturated heterocycles. The van der Waals surface area contributed by atoms with E-state index in [1.54, 1.807) is 0 Å². The second-order valence-corrected chi connectivity index (χ2v) is 10.2. The lowest BCUT2D eigenvalue weighted by Crippen LogP contribution is -2.63. The lowest BCUT2D eigenvalue weighted by atomic mass is 9.32. The summed E-state index contributed by atoms with van der Waals surface area (Å²) in [6, 6.07) is 47.7. The van der Waals surface area contributed by atoms with E-state index in [2.05, 4.69) is 138 Å². The minimum absolute atomic E-state index is 0.0451. The fourth-order valence-electron chi connectivity index (χ4n) is 6.86. The molecular formula is C35H24BN3. The predicted molar refractivity (Wildman–Crippen MR) is 160 cm³/mol. The van der Waals surface area contributed by atoms with Gasteiger partial charge in [-0.25, -0.2) is 4.98 Å². The van der Waals surface area contributed by atoms with Crippen LogP contribution in [0.1, 0.15) is 22.3 Å². The largest absolute Gasteiger partial charge is 0.294 e. The van der Waals surface area contributed by atoms with E-state index in [0.717, 1.165) is 22.8 Å². The highest BCUT2D eigenvalue weighted by atomic mass is 15.2. The van der Waals surface area contributed by atoms with Crippen LogP contribution in [0.25, 0.3) is 0 Å². The molecular weight excluding hydrogens is 473 g/mol. The van der Waals surface area contributed by atoms with Crippen LogP contribution in [0.5, 0.6) is 0 Å². The van der Waals surface area contributed by atoms with Crippen molar-refractivity contribution in [1.29, 1.82) is 0 Å². The molecule has 1 atom stereocenters. The maximum absolute atomic E-state index is 5.11. The number of anilines is 3. The standard InChI is InChI=1S/C35H24BN3/c1-3-13-25(14-4-1)36-31-21-9-7-17-27(31)35(29-19-11-23-37-33(29)36)28-18-8-10-22-32(28)39(26-15-5-2-6-16-26)34-30(35)20-12-24-38-34/h1-24H. The fourth-order valence-corrected chi connectivity index (χ4v) is 6.86. The van der Waals surface area contributed by atoms with Crippen LogP contribution in [-0.4, -0.2) is 16.7 Å². The van der Waals surface area contributed by atoms with E-state index in [1.807, 2.05) is 12.4 Å². The molecule has 0 amide bonds. The highest BCUT2D eigenvalue weighted by Crippen LogP contribution is 2.56. The number of hydrogen-bond donors (Lipinski definition) is 0. The van der Waals surface area contributed by atoms with Crippen molar-refractivity contribution in [2.75, 3.05) is 4.90 Å². The van der Waals surface area contributed by atoms with E-state index in [1.165, 1.54) is 33.2 Å². The fraction of sp³-hybridized carbons (Fsp3) is 0.0286. The number of nitrogens with zero attached hydrogens (tertiary/aromatic N) is 3. The minimum Gasteiger partial charge on any atom is -0.294 e. The predicted octanol–water partition coefficient (Wildman–Crippen LogP) is 5.47. The Kier molecular flexibility index (Phi) is 4.83. The van der Waals surface area contributed by atoms with Gasteiger partial charge in [-0.3, -0.25) is 9.88 Å². The molecule has 1 spiro atoms. The van der Waals surface area contributed by atoms with Crippen LogP contribution in [-0.2, 0) is 5.41 Å². The van der Waals surface area contributed by atoms with Crippen molar-refractivity contribution in [3.8, 4) is 0 Å². The van der Waals surface area contributed by atoms with E-state index in [9.17, 15) is 0 Å². The summed E-state index contributed by atoms with van der Waals surface area (Å²) in [6.45, 7) is 0.0451. The van der Waals surface area contributed by atoms with Gasteiger partial charge in [0, 0.05) is 29.2 Å². The van der Waals surface area contributed by atoms with Crippen LogP contribution < -0.4 is 21.4 Å². The van der Waals surface area contributed by atoms with Crippen LogP contribution in [0.3, 0.4) is 0 Å². The van der Waals surface area contributed by atoms with Gasteiger partial charge in [-0.15, -0.1) is 0 Å². The molecule has 3 nitrogen and oxygen atoms in total. The van der Waals surface area contributed by atoms with Crippen LogP contribution in [0, 0.1) is 0 Å². The molecule has 39 heavy (non-hydrogen) atoms. The maximum atomic E-state index is 5.11. The van der Waals surface area contributed by atoms with E-state index in [4.69, 9.17) is 9.97 Å². The zero-order valence-corrected chi connectivity index (χ0v) is 21.3. The third-order valence-corrected chi connectivity index (χ3v) is 8.29. The molecule has 0 saturated carbocycles. The molecule has 4 heterocycles. The smallest absolute Gasteiger partial charge is 0.265 e. The summed E-state index contributed by atoms with van der Waals surface area (Å²) in [5.41, 5.74) is 10.2. The Morgan fingerprint density at radius 3 is 1.95 bits per heavy atom. The SMILES string of the molecule is c1ccc(B2c3ccccc3C3(c4ccccc4N(c4ccccc4)c4ncccc43)c3cccnc32)cc1. The Morgan fingerprint density at radius 2 is 1.13 bits per heavy atom. The highest BCUT2D eigenvalue weighted by Gasteiger charge is 2.53. The van der Waals surface area contributed by atoms with Gasteiger partial charge in [-0.2, -0.15) is 0 Å². The summed E-state index contributed by atoms with van der Waals surface area (Å²) in [5, 5.41) is 0. The number of aromatic nitrogens is 2. The van der Waals surface area contributed by atoms with Crippen LogP contribution in [0.2, 0.25) is 0 Å². The summed E-state index contributed by atoms with van der Waals surface area (Å²) in [7, 11) is 0. The van der Waals surface area contributed by atoms with Gasteiger partial charge in [-0.1, -0.05) is 114 Å². The molecule has 0 radical (unpaired) electrons. The van der Waals surface area contributed by atoms with Crippen LogP contribution in [0.15, 0.2) is 146 Å². The molecule has 4 heteroatoms. The maximum Gasteiger partial charge on any atom is 0.265 e. The highest BCUT2D eigenvalue weighted by molar-refractivity contribution is 6.96. The Hall–Kier alpha value is -4.96. The second kappa shape index (κ2) is 8.54. The van der Waals surface area contributed by atoms with Gasteiger partial charge >= 0.3 is 0 Å². The number of pyridine rings is 2. The average Bonchev–Trinajstić information content (AvgIpc) is 3.02. The van der Waals surface area contributed by atoms with Gasteiger partial charge < -0.3 is 0 Å². The molecule has 0 fully saturated rings. The molecule has 182 valence electrons. The van der Waals surface area contributed by atoms with Gasteiger partial charge in [0.25, 0.3) is 6.71 Å². The molecule has 1 unspecified atom stereocenters. The third kappa shape index (κ3) is 3.00. The van der Waals surface area contributed by atoms with Crippen molar-refractivity contribution >= 4 is 40.4 Å². The Labute approximate surface area is 228 Å². The van der Waals surface area contributed by atoms with Crippen LogP contribution >= 0.6 is 0 Å². The lowest BCUT2D eigenvalue weighted by molar-refractivity contribution is 0.726. The molecule has 0 bridgehead atoms. The molecule has 2 aliphatic rings. The first-order valence-corrected chi connectivity index (χ1v) is 13.4. The van der Waals surface area contributed by atoms with Crippen molar-refractivity contribution in [3.05, 3.63) is 168 Å². The number of benzene rings is 4. The van der Waals surface area contributed by atoms with Crippen molar-refractivity contribution in [1.82, 2.24) is 9.97 Å². The zero-order chi connectivity index (χ0) is 25.8. The number of hydrogen-bond acceptors (Lipinski definition) is 3. The van der Waals surface area contributed by atoms with E-state index in [-0.39, 0.29) is 6.71 Å². The molecule has 0 aliphatic carbocycles. The zero-order valence-electron chi connectivity index (χ0n) is 21.3. The Morgan fingerprint density at radius 1 is 0.513 bits per heavy atom. The van der Waals surface area contributed by atoms with Gasteiger partial charge in [0.1, 0.15) is 5.82 Å². The number of para-hydroxylation sites is 2. The quantitative estimate of drug-likeness (QED) is 0.297. The Balaban J connectivity index is 1.53. The number of rotatable bonds is 2. The Bertz CT molecular complexity index is 1600. The van der Waals surface area contributed by atoms with Crippen molar-refractivity contribution in [2.24, 2.45) is 0 Å². The second-order valence-electron chi connectivity index (χ2n) is 10.2. The summed E-state index contributed by atoms with van der Waals surface area (Å²) in [5.74, 6) is 0.949. The van der Waals surface area contributed by atoms with Gasteiger partial charge in [0.05, 0.1) is 11.1 Å². The summed E-state index contributed by atoms with van der Waals surface area (Å²) in [4.78, 5) is 12.5. The normalized spacial score (nSPS) is 16.7. The van der Waals surface area contributed by atoms with E-state index < -0.39 is 5.41 Å². The monoisotopic (exact) mass is 497 g/mol. The molecule has 0 N–H and O–H groups in total. The molecule has 2 aromatic heterocycles. The topological polar surface area (TPSA) is 29.0 Å². The van der Waals surface area contributed by atoms with Crippen molar-refractivity contribution < 1.29 is 0 Å². The third-order valence-electron chi connectivity index (χ3n) is 8.29. The van der Waals surface area contributed by atoms with Crippen LogP contribution in [0.4, 0.5) is 17.2 Å². The summed E-state index contributed by atoms with van der Waals surface area (Å²) >= 11 is 0. The van der Waals surface area contributed by atoms with Crippen molar-refractivity contribution in [3.63, 3.8) is 0 Å². The van der Waals surface area contributed by atoms with E-state index in [0.29, 0.717) is 0 Å². The number of fused-ring (bicyclic) bond motifs is 8. The molecule has 8 rings (SSSR count). The first kappa shape index (κ1) is 22.1. The molecule has 6 aromatic rings. The van der Waals surface area contributed by atoms with E-state index >= 15 is 0 Å². The summed E-state index contributed by atoms with van der Waals surface area (Å²) in [6.07, 6.45) is 3.84. The van der Waals surface area contributed by atoms with Crippen molar-refractivity contribution in [2.45, 2.75) is 5.41 Å². The first-order valence-electron chi connectivity index (χ1n) is 13.4. The minimum atomic E-state index is -0.559. The summed E-state index contributed by atoms with van der Waals surface area (Å²) < 4.78 is 0.